The Bertz CT molecular complexity index is 1410. The number of amides is 6. The number of ether oxygens (including phenoxy) is 1. The molecule has 6 amide bonds. The van der Waals surface area contributed by atoms with Crippen LogP contribution in [-0.2, 0) is 20.7 Å². The number of halogens is 2. The van der Waals surface area contributed by atoms with Crippen molar-refractivity contribution in [1.82, 2.24) is 10.6 Å². The van der Waals surface area contributed by atoms with Gasteiger partial charge in [-0.05, 0) is 44.5 Å². The SMILES string of the molecule is C/C(=N\N(C(N)=O)c1ccccc1)c1cc2c(c(F)c1F)N1C[C@@H](C)O[C@@H](C)[C@@H]1C1(C2)C(=O)NC(=O)NC1=O. The number of carbonyl (C=O) groups excluding carboxylic acids is 4. The molecule has 0 aliphatic carbocycles. The number of nitrogens with one attached hydrogen (secondary N) is 2. The highest BCUT2D eigenvalue weighted by molar-refractivity contribution is 6.20. The van der Waals surface area contributed by atoms with Crippen LogP contribution in [0.2, 0.25) is 0 Å². The van der Waals surface area contributed by atoms with Crippen LogP contribution in [0.15, 0.2) is 41.5 Å². The molecule has 4 N–H and O–H groups in total. The summed E-state index contributed by atoms with van der Waals surface area (Å²) >= 11 is 0. The van der Waals surface area contributed by atoms with Crippen LogP contribution in [0.3, 0.4) is 0 Å². The first kappa shape index (κ1) is 26.2. The molecule has 2 aromatic rings. The zero-order valence-corrected chi connectivity index (χ0v) is 21.3. The molecule has 13 heteroatoms. The largest absolute Gasteiger partial charge is 0.372 e. The fraction of sp³-hybridized carbons (Fsp3) is 0.346. The van der Waals surface area contributed by atoms with Crippen LogP contribution >= 0.6 is 0 Å². The van der Waals surface area contributed by atoms with Gasteiger partial charge in [-0.1, -0.05) is 18.2 Å². The van der Waals surface area contributed by atoms with Crippen LogP contribution in [0.25, 0.3) is 0 Å². The van der Waals surface area contributed by atoms with Gasteiger partial charge in [0, 0.05) is 18.5 Å². The predicted octanol–water partition coefficient (Wildman–Crippen LogP) is 2.16. The molecule has 0 radical (unpaired) electrons. The number of imide groups is 2. The van der Waals surface area contributed by atoms with E-state index in [4.69, 9.17) is 10.5 Å². The monoisotopic (exact) mass is 540 g/mol. The summed E-state index contributed by atoms with van der Waals surface area (Å²) < 4.78 is 37.4. The molecule has 3 heterocycles. The van der Waals surface area contributed by atoms with E-state index < -0.39 is 59.2 Å². The van der Waals surface area contributed by atoms with E-state index in [0.717, 1.165) is 5.01 Å². The molecule has 3 aliphatic heterocycles. The molecule has 5 rings (SSSR count). The molecule has 3 atom stereocenters. The lowest BCUT2D eigenvalue weighted by Crippen LogP contribution is -2.75. The van der Waals surface area contributed by atoms with Gasteiger partial charge in [-0.2, -0.15) is 10.1 Å². The highest BCUT2D eigenvalue weighted by atomic mass is 19.2. The summed E-state index contributed by atoms with van der Waals surface area (Å²) in [6.07, 6.45) is -1.52. The van der Waals surface area contributed by atoms with Crippen molar-refractivity contribution in [2.75, 3.05) is 16.5 Å². The van der Waals surface area contributed by atoms with Crippen molar-refractivity contribution in [3.8, 4) is 0 Å². The second-order valence-corrected chi connectivity index (χ2v) is 9.87. The predicted molar refractivity (Wildman–Crippen MR) is 136 cm³/mol. The molecule has 39 heavy (non-hydrogen) atoms. The number of carbonyl (C=O) groups is 4. The van der Waals surface area contributed by atoms with Gasteiger partial charge in [0.15, 0.2) is 17.0 Å². The van der Waals surface area contributed by atoms with E-state index in [2.05, 4.69) is 15.7 Å². The number of barbiturate groups is 1. The number of rotatable bonds is 3. The molecule has 0 aromatic heterocycles. The van der Waals surface area contributed by atoms with Gasteiger partial charge in [0.1, 0.15) is 0 Å². The lowest BCUT2D eigenvalue weighted by Gasteiger charge is -2.55. The number of urea groups is 2. The Hall–Kier alpha value is -4.39. The quantitative estimate of drug-likeness (QED) is 0.309. The molecule has 2 aromatic carbocycles. The van der Waals surface area contributed by atoms with Gasteiger partial charge >= 0.3 is 12.1 Å². The minimum atomic E-state index is -1.86. The average molecular weight is 541 g/mol. The minimum absolute atomic E-state index is 0.0600. The number of hydrogen-bond acceptors (Lipinski definition) is 7. The number of hydrogen-bond donors (Lipinski definition) is 3. The Kier molecular flexibility index (Phi) is 6.33. The van der Waals surface area contributed by atoms with Crippen molar-refractivity contribution >= 4 is 41.0 Å². The molecule has 0 saturated carbocycles. The lowest BCUT2D eigenvalue weighted by molar-refractivity contribution is -0.153. The maximum atomic E-state index is 15.9. The van der Waals surface area contributed by atoms with E-state index >= 15 is 8.78 Å². The number of nitrogens with two attached hydrogens (primary N) is 1. The van der Waals surface area contributed by atoms with Crippen LogP contribution in [0.1, 0.15) is 31.9 Å². The highest BCUT2D eigenvalue weighted by Crippen LogP contribution is 2.48. The second-order valence-electron chi connectivity index (χ2n) is 9.87. The first-order valence-corrected chi connectivity index (χ1v) is 12.3. The summed E-state index contributed by atoms with van der Waals surface area (Å²) in [5, 5.41) is 9.29. The fourth-order valence-corrected chi connectivity index (χ4v) is 5.81. The summed E-state index contributed by atoms with van der Waals surface area (Å²) in [6, 6.07) is 6.53. The lowest BCUT2D eigenvalue weighted by atomic mass is 9.66. The van der Waals surface area contributed by atoms with E-state index in [1.807, 2.05) is 0 Å². The topological polar surface area (TPSA) is 146 Å². The first-order chi connectivity index (χ1) is 18.5. The summed E-state index contributed by atoms with van der Waals surface area (Å²) in [6.45, 7) is 4.81. The summed E-state index contributed by atoms with van der Waals surface area (Å²) in [5.74, 6) is -4.14. The molecule has 1 spiro atoms. The van der Waals surface area contributed by atoms with Gasteiger partial charge in [-0.15, -0.1) is 0 Å². The van der Waals surface area contributed by atoms with Crippen molar-refractivity contribution in [3.63, 3.8) is 0 Å². The average Bonchev–Trinajstić information content (AvgIpc) is 2.87. The van der Waals surface area contributed by atoms with Gasteiger partial charge in [0.05, 0.1) is 35.3 Å². The fourth-order valence-electron chi connectivity index (χ4n) is 5.81. The molecule has 2 fully saturated rings. The van der Waals surface area contributed by atoms with Gasteiger partial charge in [0.2, 0.25) is 11.8 Å². The molecule has 3 aliphatic rings. The Balaban J connectivity index is 1.68. The second kappa shape index (κ2) is 9.42. The molecule has 0 unspecified atom stereocenters. The first-order valence-electron chi connectivity index (χ1n) is 12.3. The van der Waals surface area contributed by atoms with Gasteiger partial charge in [-0.3, -0.25) is 20.2 Å². The maximum absolute atomic E-state index is 15.9. The van der Waals surface area contributed by atoms with E-state index in [1.54, 1.807) is 44.2 Å². The minimum Gasteiger partial charge on any atom is -0.372 e. The number of fused-ring (bicyclic) bond motifs is 4. The van der Waals surface area contributed by atoms with Crippen LogP contribution < -0.4 is 26.3 Å². The number of morpholine rings is 1. The normalized spacial score (nSPS) is 24.0. The van der Waals surface area contributed by atoms with E-state index in [9.17, 15) is 19.2 Å². The number of primary amides is 1. The number of benzene rings is 2. The molecular formula is C26H26F2N6O5. The third kappa shape index (κ3) is 4.09. The molecule has 11 nitrogen and oxygen atoms in total. The Morgan fingerprint density at radius 2 is 1.77 bits per heavy atom. The maximum Gasteiger partial charge on any atom is 0.340 e. The highest BCUT2D eigenvalue weighted by Gasteiger charge is 2.63. The van der Waals surface area contributed by atoms with Crippen LogP contribution in [0.4, 0.5) is 29.7 Å². The van der Waals surface area contributed by atoms with Crippen molar-refractivity contribution in [2.45, 2.75) is 45.4 Å². The van der Waals surface area contributed by atoms with Gasteiger partial charge in [0.25, 0.3) is 0 Å². The summed E-state index contributed by atoms with van der Waals surface area (Å²) in [7, 11) is 0. The van der Waals surface area contributed by atoms with Crippen molar-refractivity contribution in [3.05, 3.63) is 59.2 Å². The van der Waals surface area contributed by atoms with Crippen LogP contribution in [-0.4, -0.2) is 54.4 Å². The van der Waals surface area contributed by atoms with E-state index in [-0.39, 0.29) is 35.5 Å². The molecular weight excluding hydrogens is 514 g/mol. The van der Waals surface area contributed by atoms with Gasteiger partial charge < -0.3 is 15.4 Å². The van der Waals surface area contributed by atoms with Crippen molar-refractivity contribution < 1.29 is 32.7 Å². The number of hydrazone groups is 1. The Morgan fingerprint density at radius 1 is 1.13 bits per heavy atom. The third-order valence-electron chi connectivity index (χ3n) is 7.32. The van der Waals surface area contributed by atoms with Crippen LogP contribution in [0, 0.1) is 17.0 Å². The van der Waals surface area contributed by atoms with Gasteiger partial charge in [-0.25, -0.2) is 18.4 Å². The zero-order chi connectivity index (χ0) is 28.2. The summed E-state index contributed by atoms with van der Waals surface area (Å²) in [4.78, 5) is 52.1. The van der Waals surface area contributed by atoms with Crippen molar-refractivity contribution in [1.29, 1.82) is 0 Å². The van der Waals surface area contributed by atoms with Crippen molar-refractivity contribution in [2.24, 2.45) is 16.3 Å². The van der Waals surface area contributed by atoms with Crippen LogP contribution in [0.5, 0.6) is 0 Å². The van der Waals surface area contributed by atoms with E-state index in [0.29, 0.717) is 5.69 Å². The number of anilines is 2. The number of para-hydroxylation sites is 1. The standard InChI is InChI=1S/C26H26F2N6O5/c1-12-11-33-20-15(10-26(21(33)14(3)39-12)22(35)30-25(38)31-23(26)36)9-17(18(27)19(20)28)13(2)32-34(24(29)37)16-7-5-4-6-8-16/h4-9,12,14,21H,10-11H2,1-3H3,(H2,29,37)(H2,30,31,35,36,38)/b32-13+/t12-,14+,21-/m1/s1. The smallest absolute Gasteiger partial charge is 0.340 e. The van der Waals surface area contributed by atoms with E-state index in [1.165, 1.54) is 17.9 Å². The number of nitrogens with zero attached hydrogens (tertiary/aromatic N) is 3. The molecule has 204 valence electrons. The Morgan fingerprint density at radius 3 is 2.38 bits per heavy atom. The molecule has 2 saturated heterocycles. The third-order valence-corrected chi connectivity index (χ3v) is 7.32. The summed E-state index contributed by atoms with van der Waals surface area (Å²) in [5.41, 5.74) is 3.61. The zero-order valence-electron chi connectivity index (χ0n) is 21.3. The molecule has 0 bridgehead atoms. The Labute approximate surface area is 221 Å².